The zero-order valence-corrected chi connectivity index (χ0v) is 7.53. The zero-order valence-electron chi connectivity index (χ0n) is 7.53. The molecule has 1 fully saturated rings. The molecule has 1 aromatic heterocycles. The van der Waals surface area contributed by atoms with Crippen molar-refractivity contribution >= 4 is 0 Å². The smallest absolute Gasteiger partial charge is 0.0218 e. The number of hydrogen-bond donors (Lipinski definition) is 1. The molecule has 0 radical (unpaired) electrons. The molecule has 0 bridgehead atoms. The molecule has 2 heteroatoms. The largest absolute Gasteiger partial charge is 0.354 e. The average molecular weight is 164 g/mol. The van der Waals surface area contributed by atoms with Gasteiger partial charge >= 0.3 is 0 Å². The first kappa shape index (κ1) is 7.87. The normalized spacial score (nSPS) is 29.5. The first-order chi connectivity index (χ1) is 5.79. The monoisotopic (exact) mass is 164 g/mol. The Labute approximate surface area is 73.4 Å². The first-order valence-corrected chi connectivity index (χ1v) is 4.66. The lowest BCUT2D eigenvalue weighted by atomic mass is 10.0. The van der Waals surface area contributed by atoms with Crippen LogP contribution in [0.2, 0.25) is 0 Å². The highest BCUT2D eigenvalue weighted by Crippen LogP contribution is 2.32. The van der Waals surface area contributed by atoms with Crippen LogP contribution in [0.25, 0.3) is 0 Å². The molecule has 2 N–H and O–H groups in total. The molecule has 1 aliphatic carbocycles. The van der Waals surface area contributed by atoms with Crippen LogP contribution in [0.4, 0.5) is 0 Å². The highest BCUT2D eigenvalue weighted by Gasteiger charge is 2.26. The third kappa shape index (κ3) is 1.16. The molecule has 0 amide bonds. The lowest BCUT2D eigenvalue weighted by Gasteiger charge is -2.16. The van der Waals surface area contributed by atoms with Gasteiger partial charge in [0.05, 0.1) is 0 Å². The molecule has 1 saturated carbocycles. The lowest BCUT2D eigenvalue weighted by molar-refractivity contribution is 0.577. The number of nitrogens with zero attached hydrogens (tertiary/aromatic N) is 1. The van der Waals surface area contributed by atoms with E-state index in [1.807, 2.05) is 0 Å². The van der Waals surface area contributed by atoms with Gasteiger partial charge in [-0.2, -0.15) is 0 Å². The number of aromatic nitrogens is 1. The minimum Gasteiger partial charge on any atom is -0.354 e. The zero-order chi connectivity index (χ0) is 8.55. The summed E-state index contributed by atoms with van der Waals surface area (Å²) in [7, 11) is 2.10. The van der Waals surface area contributed by atoms with E-state index in [0.717, 1.165) is 0 Å². The molecule has 2 atom stereocenters. The van der Waals surface area contributed by atoms with E-state index in [1.165, 1.54) is 25.0 Å². The fourth-order valence-corrected chi connectivity index (χ4v) is 2.22. The van der Waals surface area contributed by atoms with Crippen molar-refractivity contribution in [2.75, 3.05) is 0 Å². The van der Waals surface area contributed by atoms with Crippen LogP contribution < -0.4 is 5.73 Å². The van der Waals surface area contributed by atoms with Crippen molar-refractivity contribution in [3.8, 4) is 0 Å². The molecule has 2 rings (SSSR count). The van der Waals surface area contributed by atoms with E-state index >= 15 is 0 Å². The maximum atomic E-state index is 6.03. The summed E-state index contributed by atoms with van der Waals surface area (Å²) in [6, 6.07) is 4.68. The number of nitrogens with two attached hydrogens (primary N) is 1. The van der Waals surface area contributed by atoms with Gasteiger partial charge < -0.3 is 10.3 Å². The van der Waals surface area contributed by atoms with Crippen LogP contribution in [0.3, 0.4) is 0 Å². The Bertz CT molecular complexity index is 265. The molecule has 2 unspecified atom stereocenters. The summed E-state index contributed by atoms with van der Waals surface area (Å²) in [6.07, 6.45) is 5.84. The fraction of sp³-hybridized carbons (Fsp3) is 0.600. The summed E-state index contributed by atoms with van der Waals surface area (Å²) in [4.78, 5) is 0. The van der Waals surface area contributed by atoms with Crippen LogP contribution in [0, 0.1) is 0 Å². The van der Waals surface area contributed by atoms with Gasteiger partial charge in [0, 0.05) is 30.9 Å². The summed E-state index contributed by atoms with van der Waals surface area (Å²) in [5, 5.41) is 0. The third-order valence-electron chi connectivity index (χ3n) is 2.93. The Morgan fingerprint density at radius 1 is 1.50 bits per heavy atom. The van der Waals surface area contributed by atoms with E-state index in [4.69, 9.17) is 5.73 Å². The number of rotatable bonds is 1. The van der Waals surface area contributed by atoms with Crippen molar-refractivity contribution in [2.24, 2.45) is 12.8 Å². The van der Waals surface area contributed by atoms with Crippen LogP contribution in [0.5, 0.6) is 0 Å². The molecule has 66 valence electrons. The van der Waals surface area contributed by atoms with Crippen molar-refractivity contribution in [3.05, 3.63) is 24.0 Å². The molecule has 1 aliphatic rings. The Morgan fingerprint density at radius 3 is 2.83 bits per heavy atom. The molecule has 0 aliphatic heterocycles. The number of aryl methyl sites for hydroxylation is 1. The first-order valence-electron chi connectivity index (χ1n) is 4.66. The topological polar surface area (TPSA) is 30.9 Å². The van der Waals surface area contributed by atoms with Gasteiger partial charge in [-0.1, -0.05) is 6.42 Å². The third-order valence-corrected chi connectivity index (χ3v) is 2.93. The molecule has 0 saturated heterocycles. The Hall–Kier alpha value is -0.760. The van der Waals surface area contributed by atoms with E-state index in [0.29, 0.717) is 12.0 Å². The predicted molar refractivity (Wildman–Crippen MR) is 50.0 cm³/mol. The van der Waals surface area contributed by atoms with Crippen molar-refractivity contribution in [2.45, 2.75) is 31.2 Å². The van der Waals surface area contributed by atoms with Gasteiger partial charge in [0.25, 0.3) is 0 Å². The van der Waals surface area contributed by atoms with Crippen LogP contribution >= 0.6 is 0 Å². The second-order valence-electron chi connectivity index (χ2n) is 3.75. The van der Waals surface area contributed by atoms with Gasteiger partial charge in [-0.25, -0.2) is 0 Å². The second-order valence-corrected chi connectivity index (χ2v) is 3.75. The Morgan fingerprint density at radius 2 is 2.33 bits per heavy atom. The highest BCUT2D eigenvalue weighted by atomic mass is 14.9. The second kappa shape index (κ2) is 2.94. The maximum Gasteiger partial charge on any atom is 0.0218 e. The van der Waals surface area contributed by atoms with Gasteiger partial charge in [-0.3, -0.25) is 0 Å². The van der Waals surface area contributed by atoms with Crippen molar-refractivity contribution < 1.29 is 0 Å². The summed E-state index contributed by atoms with van der Waals surface area (Å²) in [5.74, 6) is 0.602. The van der Waals surface area contributed by atoms with Crippen LogP contribution in [0.1, 0.15) is 30.9 Å². The molecular formula is C10H16N2. The van der Waals surface area contributed by atoms with Gasteiger partial charge in [0.2, 0.25) is 0 Å². The molecular weight excluding hydrogens is 148 g/mol. The number of hydrogen-bond acceptors (Lipinski definition) is 1. The SMILES string of the molecule is Cn1cccc1C1CCCC1N. The Balaban J connectivity index is 2.24. The summed E-state index contributed by atoms with van der Waals surface area (Å²) >= 11 is 0. The quantitative estimate of drug-likeness (QED) is 0.672. The Kier molecular flexibility index (Phi) is 1.93. The van der Waals surface area contributed by atoms with Gasteiger partial charge in [0.15, 0.2) is 0 Å². The van der Waals surface area contributed by atoms with Crippen LogP contribution in [0.15, 0.2) is 18.3 Å². The van der Waals surface area contributed by atoms with Crippen molar-refractivity contribution in [1.82, 2.24) is 4.57 Å². The predicted octanol–water partition coefficient (Wildman–Crippen LogP) is 1.62. The minimum absolute atomic E-state index is 0.388. The van der Waals surface area contributed by atoms with Crippen molar-refractivity contribution in [3.63, 3.8) is 0 Å². The van der Waals surface area contributed by atoms with Gasteiger partial charge in [0.1, 0.15) is 0 Å². The minimum atomic E-state index is 0.388. The van der Waals surface area contributed by atoms with Crippen LogP contribution in [-0.4, -0.2) is 10.6 Å². The average Bonchev–Trinajstić information content (AvgIpc) is 2.59. The van der Waals surface area contributed by atoms with E-state index in [-0.39, 0.29) is 0 Å². The van der Waals surface area contributed by atoms with Gasteiger partial charge in [-0.05, 0) is 25.0 Å². The molecule has 12 heavy (non-hydrogen) atoms. The molecule has 0 aromatic carbocycles. The van der Waals surface area contributed by atoms with Gasteiger partial charge in [-0.15, -0.1) is 0 Å². The van der Waals surface area contributed by atoms with E-state index < -0.39 is 0 Å². The molecule has 0 spiro atoms. The standard InChI is InChI=1S/C10H16N2/c1-12-7-3-6-10(12)8-4-2-5-9(8)11/h3,6-9H,2,4-5,11H2,1H3. The fourth-order valence-electron chi connectivity index (χ4n) is 2.22. The van der Waals surface area contributed by atoms with E-state index in [1.54, 1.807) is 0 Å². The summed E-state index contributed by atoms with van der Waals surface area (Å²) < 4.78 is 2.19. The molecule has 1 aromatic rings. The summed E-state index contributed by atoms with van der Waals surface area (Å²) in [5.41, 5.74) is 7.43. The summed E-state index contributed by atoms with van der Waals surface area (Å²) in [6.45, 7) is 0. The van der Waals surface area contributed by atoms with E-state index in [9.17, 15) is 0 Å². The van der Waals surface area contributed by atoms with Crippen molar-refractivity contribution in [1.29, 1.82) is 0 Å². The molecule has 2 nitrogen and oxygen atoms in total. The maximum absolute atomic E-state index is 6.03. The highest BCUT2D eigenvalue weighted by molar-refractivity contribution is 5.16. The molecule has 1 heterocycles. The van der Waals surface area contributed by atoms with E-state index in [2.05, 4.69) is 29.9 Å². The van der Waals surface area contributed by atoms with Crippen LogP contribution in [-0.2, 0) is 7.05 Å². The lowest BCUT2D eigenvalue weighted by Crippen LogP contribution is -2.24.